The van der Waals surface area contributed by atoms with E-state index in [0.29, 0.717) is 5.92 Å². The van der Waals surface area contributed by atoms with Crippen LogP contribution in [0.25, 0.3) is 0 Å². The molecule has 0 fully saturated rings. The third-order valence-corrected chi connectivity index (χ3v) is 2.19. The number of aliphatic carboxylic acids is 1. The van der Waals surface area contributed by atoms with Crippen molar-refractivity contribution in [1.29, 1.82) is 0 Å². The first kappa shape index (κ1) is 13.2. The van der Waals surface area contributed by atoms with Crippen molar-refractivity contribution < 1.29 is 9.90 Å². The zero-order chi connectivity index (χ0) is 11.2. The summed E-state index contributed by atoms with van der Waals surface area (Å²) in [6, 6.07) is 0. The van der Waals surface area contributed by atoms with Crippen molar-refractivity contribution in [3.8, 4) is 0 Å². The molecule has 1 atom stereocenters. The summed E-state index contributed by atoms with van der Waals surface area (Å²) in [5.74, 6) is -0.185. The molecule has 0 radical (unpaired) electrons. The Labute approximate surface area is 87.0 Å². The second-order valence-electron chi connectivity index (χ2n) is 4.63. The normalized spacial score (nSPS) is 16.1. The van der Waals surface area contributed by atoms with Gasteiger partial charge in [0.1, 0.15) is 0 Å². The lowest BCUT2D eigenvalue weighted by atomic mass is 9.79. The molecule has 0 aliphatic rings. The van der Waals surface area contributed by atoms with Crippen molar-refractivity contribution in [3.63, 3.8) is 0 Å². The lowest BCUT2D eigenvalue weighted by Crippen LogP contribution is -2.20. The average molecular weight is 198 g/mol. The molecule has 0 saturated heterocycles. The molecule has 0 aliphatic carbocycles. The molecule has 0 saturated carbocycles. The molecule has 1 N–H and O–H groups in total. The highest BCUT2D eigenvalue weighted by Crippen LogP contribution is 2.31. The van der Waals surface area contributed by atoms with Gasteiger partial charge in [0.25, 0.3) is 0 Å². The van der Waals surface area contributed by atoms with Crippen LogP contribution in [0, 0.1) is 11.3 Å². The predicted octanol–water partition coefficient (Wildman–Crippen LogP) is 3.48. The molecule has 82 valence electrons. The van der Waals surface area contributed by atoms with Crippen molar-refractivity contribution in [3.05, 3.63) is 12.2 Å². The molecule has 2 nitrogen and oxygen atoms in total. The topological polar surface area (TPSA) is 37.3 Å². The highest BCUT2D eigenvalue weighted by Gasteiger charge is 2.25. The fourth-order valence-corrected chi connectivity index (χ4v) is 1.88. The Hall–Kier alpha value is -0.790. The van der Waals surface area contributed by atoms with Gasteiger partial charge in [-0.1, -0.05) is 39.8 Å². The highest BCUT2D eigenvalue weighted by molar-refractivity contribution is 5.68. The van der Waals surface area contributed by atoms with E-state index in [1.807, 2.05) is 6.92 Å². The second-order valence-corrected chi connectivity index (χ2v) is 4.63. The van der Waals surface area contributed by atoms with E-state index in [1.165, 1.54) is 0 Å². The minimum atomic E-state index is -0.714. The number of allylic oxidation sites excluding steroid dienone is 2. The van der Waals surface area contributed by atoms with Crippen molar-refractivity contribution >= 4 is 5.97 Å². The van der Waals surface area contributed by atoms with Gasteiger partial charge in [-0.15, -0.1) is 0 Å². The van der Waals surface area contributed by atoms with E-state index in [9.17, 15) is 4.79 Å². The highest BCUT2D eigenvalue weighted by atomic mass is 16.4. The molecule has 1 unspecified atom stereocenters. The van der Waals surface area contributed by atoms with Gasteiger partial charge in [-0.05, 0) is 24.2 Å². The van der Waals surface area contributed by atoms with Crippen LogP contribution in [0.2, 0.25) is 0 Å². The maximum absolute atomic E-state index is 10.7. The molecule has 0 bridgehead atoms. The smallest absolute Gasteiger partial charge is 0.304 e. The molecule has 0 amide bonds. The molecule has 0 heterocycles. The van der Waals surface area contributed by atoms with Gasteiger partial charge >= 0.3 is 5.97 Å². The van der Waals surface area contributed by atoms with E-state index >= 15 is 0 Å². The van der Waals surface area contributed by atoms with Crippen LogP contribution in [0.15, 0.2) is 12.2 Å². The van der Waals surface area contributed by atoms with Crippen LogP contribution in [-0.4, -0.2) is 11.1 Å². The van der Waals surface area contributed by atoms with Gasteiger partial charge < -0.3 is 5.11 Å². The zero-order valence-corrected chi connectivity index (χ0v) is 9.71. The maximum atomic E-state index is 10.7. The molecule has 2 heteroatoms. The van der Waals surface area contributed by atoms with Crippen molar-refractivity contribution in [1.82, 2.24) is 0 Å². The summed E-state index contributed by atoms with van der Waals surface area (Å²) in [7, 11) is 0. The Balaban J connectivity index is 4.48. The largest absolute Gasteiger partial charge is 0.481 e. The van der Waals surface area contributed by atoms with Crippen LogP contribution < -0.4 is 0 Å². The first-order chi connectivity index (χ1) is 6.39. The van der Waals surface area contributed by atoms with Crippen LogP contribution in [0.1, 0.15) is 47.0 Å². The van der Waals surface area contributed by atoms with Gasteiger partial charge in [-0.2, -0.15) is 0 Å². The van der Waals surface area contributed by atoms with Gasteiger partial charge in [-0.25, -0.2) is 0 Å². The Morgan fingerprint density at radius 2 is 2.07 bits per heavy atom. The fraction of sp³-hybridized carbons (Fsp3) is 0.750. The van der Waals surface area contributed by atoms with Crippen molar-refractivity contribution in [2.75, 3.05) is 0 Å². The van der Waals surface area contributed by atoms with E-state index in [1.54, 1.807) is 0 Å². The molecular weight excluding hydrogens is 176 g/mol. The average Bonchev–Trinajstić information content (AvgIpc) is 1.97. The summed E-state index contributed by atoms with van der Waals surface area (Å²) in [5.41, 5.74) is -0.185. The number of carboxylic acid groups (broad SMARTS) is 1. The maximum Gasteiger partial charge on any atom is 0.304 e. The number of carbonyl (C=O) groups is 1. The number of rotatable bonds is 6. The Morgan fingerprint density at radius 3 is 2.43 bits per heavy atom. The summed E-state index contributed by atoms with van der Waals surface area (Å²) in [6.45, 7) is 8.33. The molecule has 0 aromatic rings. The lowest BCUT2D eigenvalue weighted by molar-refractivity contribution is -0.139. The second kappa shape index (κ2) is 5.84. The van der Waals surface area contributed by atoms with Gasteiger partial charge in [0, 0.05) is 0 Å². The van der Waals surface area contributed by atoms with Crippen LogP contribution >= 0.6 is 0 Å². The summed E-state index contributed by atoms with van der Waals surface area (Å²) in [6.07, 6.45) is 6.23. The van der Waals surface area contributed by atoms with E-state index in [-0.39, 0.29) is 11.8 Å². The first-order valence-corrected chi connectivity index (χ1v) is 5.29. The minimum Gasteiger partial charge on any atom is -0.481 e. The van der Waals surface area contributed by atoms with E-state index in [4.69, 9.17) is 5.11 Å². The van der Waals surface area contributed by atoms with Crippen molar-refractivity contribution in [2.24, 2.45) is 11.3 Å². The first-order valence-electron chi connectivity index (χ1n) is 5.29. The van der Waals surface area contributed by atoms with Crippen LogP contribution in [0.5, 0.6) is 0 Å². The lowest BCUT2D eigenvalue weighted by Gasteiger charge is -2.26. The quantitative estimate of drug-likeness (QED) is 0.663. The van der Waals surface area contributed by atoms with Crippen LogP contribution in [0.4, 0.5) is 0 Å². The molecule has 0 spiro atoms. The molecule has 0 aliphatic heterocycles. The molecule has 0 aromatic heterocycles. The number of carboxylic acids is 1. The Bertz CT molecular complexity index is 206. The Kier molecular flexibility index (Phi) is 5.51. The monoisotopic (exact) mass is 198 g/mol. The molecule has 14 heavy (non-hydrogen) atoms. The van der Waals surface area contributed by atoms with Gasteiger partial charge in [-0.3, -0.25) is 4.79 Å². The van der Waals surface area contributed by atoms with E-state index < -0.39 is 5.97 Å². The third-order valence-electron chi connectivity index (χ3n) is 2.19. The zero-order valence-electron chi connectivity index (χ0n) is 9.71. The standard InChI is InChI=1S/C12H22O2/c1-5-6-7-12(4,8-10(2)3)9-11(13)14/h6-7,10H,5,8-9H2,1-4H3,(H,13,14). The SMILES string of the molecule is CCC=CC(C)(CC(=O)O)CC(C)C. The minimum absolute atomic E-state index is 0.185. The van der Waals surface area contributed by atoms with Crippen LogP contribution in [-0.2, 0) is 4.79 Å². The van der Waals surface area contributed by atoms with E-state index in [0.717, 1.165) is 12.8 Å². The Morgan fingerprint density at radius 1 is 1.50 bits per heavy atom. The van der Waals surface area contributed by atoms with Gasteiger partial charge in [0.05, 0.1) is 6.42 Å². The molecule has 0 rings (SSSR count). The van der Waals surface area contributed by atoms with Gasteiger partial charge in [0.15, 0.2) is 0 Å². The van der Waals surface area contributed by atoms with Gasteiger partial charge in [0.2, 0.25) is 0 Å². The van der Waals surface area contributed by atoms with E-state index in [2.05, 4.69) is 32.9 Å². The van der Waals surface area contributed by atoms with Crippen LogP contribution in [0.3, 0.4) is 0 Å². The number of hydrogen-bond acceptors (Lipinski definition) is 1. The molecular formula is C12H22O2. The fourth-order valence-electron chi connectivity index (χ4n) is 1.88. The summed E-state index contributed by atoms with van der Waals surface area (Å²) in [4.78, 5) is 10.7. The van der Waals surface area contributed by atoms with Crippen molar-refractivity contribution in [2.45, 2.75) is 47.0 Å². The summed E-state index contributed by atoms with van der Waals surface area (Å²) in [5, 5.41) is 8.83. The summed E-state index contributed by atoms with van der Waals surface area (Å²) >= 11 is 0. The predicted molar refractivity (Wildman–Crippen MR) is 59.2 cm³/mol. The number of hydrogen-bond donors (Lipinski definition) is 1. The summed E-state index contributed by atoms with van der Waals surface area (Å²) < 4.78 is 0. The molecule has 0 aromatic carbocycles. The third kappa shape index (κ3) is 5.79.